The second-order valence-corrected chi connectivity index (χ2v) is 13.6. The van der Waals surface area contributed by atoms with Crippen LogP contribution in [-0.4, -0.2) is 10.2 Å². The third kappa shape index (κ3) is 7.50. The first-order valence-electron chi connectivity index (χ1n) is 18.6. The Hall–Kier alpha value is -6.69. The Balaban J connectivity index is 0.000000157. The zero-order chi connectivity index (χ0) is 37.8. The molecule has 10 aromatic rings. The van der Waals surface area contributed by atoms with Gasteiger partial charge in [-0.25, -0.2) is 0 Å². The molecule has 0 atom stereocenters. The molecule has 0 amide bonds. The summed E-state index contributed by atoms with van der Waals surface area (Å²) >= 11 is 0. The van der Waals surface area contributed by atoms with E-state index in [1.807, 2.05) is 146 Å². The van der Waals surface area contributed by atoms with E-state index in [9.17, 15) is 10.2 Å². The van der Waals surface area contributed by atoms with Crippen LogP contribution in [0, 0.1) is 0 Å². The van der Waals surface area contributed by atoms with Gasteiger partial charge in [-0.3, -0.25) is 0 Å². The molecule has 10 rings (SSSR count). The molecule has 4 nitrogen and oxygen atoms in total. The number of rotatable bonds is 6. The summed E-state index contributed by atoms with van der Waals surface area (Å²) in [5.41, 5.74) is 7.50. The van der Waals surface area contributed by atoms with Crippen LogP contribution in [-0.2, 0) is 25.8 Å². The Kier molecular flexibility index (Phi) is 10.8. The fourth-order valence-corrected chi connectivity index (χ4v) is 7.41. The van der Waals surface area contributed by atoms with E-state index in [4.69, 9.17) is 10.6 Å². The van der Waals surface area contributed by atoms with Gasteiger partial charge in [0.25, 0.3) is 0 Å². The van der Waals surface area contributed by atoms with Crippen LogP contribution in [0.1, 0.15) is 0 Å². The summed E-state index contributed by atoms with van der Waals surface area (Å²) in [6, 6.07) is 68.8. The number of hydrogen-bond donors (Lipinski definition) is 2. The van der Waals surface area contributed by atoms with Gasteiger partial charge in [0, 0.05) is 36.6 Å². The van der Waals surface area contributed by atoms with Crippen LogP contribution in [0.15, 0.2) is 206 Å². The Morgan fingerprint density at radius 1 is 0.246 bits per heavy atom. The first-order valence-corrected chi connectivity index (χ1v) is 18.6. The fraction of sp³-hybridized carbons (Fsp3) is 0. The van der Waals surface area contributed by atoms with Crippen molar-refractivity contribution in [2.75, 3.05) is 0 Å². The molecule has 0 saturated heterocycles. The molecule has 0 spiro atoms. The molecule has 57 heavy (non-hydrogen) atoms. The number of benzene rings is 10. The molecule has 0 saturated carbocycles. The van der Waals surface area contributed by atoms with E-state index in [1.54, 1.807) is 0 Å². The molecule has 0 radical (unpaired) electrons. The summed E-state index contributed by atoms with van der Waals surface area (Å²) in [5.74, 6) is 0.447. The van der Waals surface area contributed by atoms with Crippen LogP contribution < -0.4 is 0 Å². The second kappa shape index (κ2) is 16.6. The summed E-state index contributed by atoms with van der Waals surface area (Å²) in [5, 5.41) is 39.3. The van der Waals surface area contributed by atoms with Gasteiger partial charge in [0.2, 0.25) is 0 Å². The van der Waals surface area contributed by atoms with Crippen LogP contribution in [0.5, 0.6) is 11.5 Å². The quantitative estimate of drug-likeness (QED) is 0.129. The largest absolute Gasteiger partial charge is 0.654 e. The van der Waals surface area contributed by atoms with Crippen molar-refractivity contribution >= 4 is 65.8 Å². The van der Waals surface area contributed by atoms with E-state index in [-0.39, 0.29) is 37.3 Å². The van der Waals surface area contributed by atoms with E-state index >= 15 is 0 Å². The van der Waals surface area contributed by atoms with Gasteiger partial charge in [0.15, 0.2) is 0 Å². The summed E-state index contributed by atoms with van der Waals surface area (Å²) in [4.78, 5) is 0. The number of phenolic OH excluding ortho intramolecular Hbond substituents is 2. The number of nitrogens with zero attached hydrogens (tertiary/aromatic N) is 2. The summed E-state index contributed by atoms with van der Waals surface area (Å²) in [6.07, 6.45) is 0. The standard InChI is InChI=1S/2C26H18NO.Hf/c2*28-26-24-13-7-5-11-22(24)21-10-4-6-12-23(21)25(26)27-20-16-14-19(15-17-20)18-8-2-1-3-9-18;/h2*1-17,28H;/q2*-1;. The Labute approximate surface area is 350 Å². The molecule has 5 heteroatoms. The maximum atomic E-state index is 10.9. The average Bonchev–Trinajstić information content (AvgIpc) is 3.28. The van der Waals surface area contributed by atoms with E-state index in [1.165, 1.54) is 11.1 Å². The van der Waals surface area contributed by atoms with Crippen molar-refractivity contribution in [3.05, 3.63) is 217 Å². The van der Waals surface area contributed by atoms with E-state index < -0.39 is 0 Å². The zero-order valence-electron chi connectivity index (χ0n) is 30.9. The molecule has 0 aromatic heterocycles. The van der Waals surface area contributed by atoms with Crippen molar-refractivity contribution in [1.82, 2.24) is 0 Å². The topological polar surface area (TPSA) is 68.7 Å². The zero-order valence-corrected chi connectivity index (χ0v) is 34.5. The van der Waals surface area contributed by atoms with Crippen molar-refractivity contribution in [2.24, 2.45) is 0 Å². The van der Waals surface area contributed by atoms with Crippen molar-refractivity contribution in [2.45, 2.75) is 0 Å². The van der Waals surface area contributed by atoms with E-state index in [2.05, 4.69) is 60.7 Å². The number of aromatic hydroxyl groups is 2. The Bertz CT molecular complexity index is 2760. The Morgan fingerprint density at radius 2 is 0.491 bits per heavy atom. The summed E-state index contributed by atoms with van der Waals surface area (Å²) in [7, 11) is 0. The minimum absolute atomic E-state index is 0. The third-order valence-electron chi connectivity index (χ3n) is 10.2. The SMILES string of the molecule is Oc1c([N-]c2ccc(-c3ccccc3)cc2)c2ccccc2c2ccccc12.Oc1c([N-]c2ccc(-c3ccccc3)cc2)c2ccccc2c2ccccc12.[Hf]. The normalized spacial score (nSPS) is 10.8. The smallest absolute Gasteiger partial charge is 0.109 e. The number of fused-ring (bicyclic) bond motifs is 6. The summed E-state index contributed by atoms with van der Waals surface area (Å²) in [6.45, 7) is 0. The van der Waals surface area contributed by atoms with Gasteiger partial charge in [0.05, 0.1) is 0 Å². The van der Waals surface area contributed by atoms with E-state index in [0.29, 0.717) is 11.4 Å². The van der Waals surface area contributed by atoms with Crippen molar-refractivity contribution in [3.8, 4) is 33.8 Å². The maximum Gasteiger partial charge on any atom is 0.109 e. The Morgan fingerprint density at radius 3 is 0.825 bits per heavy atom. The van der Waals surface area contributed by atoms with Crippen molar-refractivity contribution in [1.29, 1.82) is 0 Å². The molecule has 0 aliphatic heterocycles. The molecule has 0 fully saturated rings. The van der Waals surface area contributed by atoms with Crippen molar-refractivity contribution < 1.29 is 36.1 Å². The van der Waals surface area contributed by atoms with Gasteiger partial charge in [-0.2, -0.15) is 0 Å². The minimum Gasteiger partial charge on any atom is -0.654 e. The second-order valence-electron chi connectivity index (χ2n) is 13.6. The first-order chi connectivity index (χ1) is 27.6. The molecular formula is C52H36HfN2O2-2. The van der Waals surface area contributed by atoms with Gasteiger partial charge in [-0.1, -0.05) is 218 Å². The predicted octanol–water partition coefficient (Wildman–Crippen LogP) is 15.4. The molecule has 0 aliphatic rings. The maximum absolute atomic E-state index is 10.9. The van der Waals surface area contributed by atoms with Crippen LogP contribution in [0.3, 0.4) is 0 Å². The third-order valence-corrected chi connectivity index (χ3v) is 10.2. The van der Waals surface area contributed by atoms with Crippen LogP contribution >= 0.6 is 0 Å². The number of hydrogen-bond acceptors (Lipinski definition) is 2. The van der Waals surface area contributed by atoms with Gasteiger partial charge in [-0.05, 0) is 54.6 Å². The molecule has 0 unspecified atom stereocenters. The molecule has 0 bridgehead atoms. The molecule has 0 aliphatic carbocycles. The van der Waals surface area contributed by atoms with Gasteiger partial charge < -0.3 is 20.8 Å². The average molecular weight is 899 g/mol. The van der Waals surface area contributed by atoms with E-state index in [0.717, 1.165) is 65.6 Å². The van der Waals surface area contributed by atoms with Gasteiger partial charge in [-0.15, -0.1) is 11.4 Å². The number of phenols is 2. The van der Waals surface area contributed by atoms with Crippen LogP contribution in [0.4, 0.5) is 22.7 Å². The summed E-state index contributed by atoms with van der Waals surface area (Å²) < 4.78 is 0. The van der Waals surface area contributed by atoms with Gasteiger partial charge >= 0.3 is 0 Å². The van der Waals surface area contributed by atoms with Gasteiger partial charge in [0.1, 0.15) is 11.5 Å². The molecule has 0 heterocycles. The van der Waals surface area contributed by atoms with Crippen LogP contribution in [0.2, 0.25) is 0 Å². The monoisotopic (exact) mass is 900 g/mol. The minimum atomic E-state index is 0. The predicted molar refractivity (Wildman–Crippen MR) is 235 cm³/mol. The first kappa shape index (κ1) is 37.2. The van der Waals surface area contributed by atoms with Crippen molar-refractivity contribution in [3.63, 3.8) is 0 Å². The molecular weight excluding hydrogens is 863 g/mol. The fourth-order valence-electron chi connectivity index (χ4n) is 7.41. The molecule has 2 N–H and O–H groups in total. The molecule has 10 aromatic carbocycles. The molecule has 272 valence electrons. The van der Waals surface area contributed by atoms with Crippen LogP contribution in [0.25, 0.3) is 76.0 Å².